The number of thiazole rings is 1. The van der Waals surface area contributed by atoms with Crippen LogP contribution in [0.1, 0.15) is 28.1 Å². The van der Waals surface area contributed by atoms with Crippen molar-refractivity contribution in [3.8, 4) is 5.75 Å². The summed E-state index contributed by atoms with van der Waals surface area (Å²) in [4.78, 5) is 44.6. The number of thiophene rings is 1. The Balaban J connectivity index is 1.54. The first-order chi connectivity index (χ1) is 16.5. The number of nitrogens with zero attached hydrogens (tertiary/aromatic N) is 4. The van der Waals surface area contributed by atoms with Gasteiger partial charge >= 0.3 is 0 Å². The van der Waals surface area contributed by atoms with Crippen LogP contribution in [0.3, 0.4) is 0 Å². The van der Waals surface area contributed by atoms with Gasteiger partial charge in [0.15, 0.2) is 0 Å². The van der Waals surface area contributed by atoms with Gasteiger partial charge in [0, 0.05) is 23.3 Å². The van der Waals surface area contributed by atoms with E-state index in [-0.39, 0.29) is 30.2 Å². The molecule has 1 fully saturated rings. The zero-order valence-corrected chi connectivity index (χ0v) is 19.6. The van der Waals surface area contributed by atoms with Crippen LogP contribution in [0.25, 0.3) is 10.2 Å². The van der Waals surface area contributed by atoms with Gasteiger partial charge < -0.3 is 4.74 Å². The van der Waals surface area contributed by atoms with E-state index in [1.807, 2.05) is 29.6 Å². The van der Waals surface area contributed by atoms with Crippen molar-refractivity contribution in [3.05, 3.63) is 70.4 Å². The van der Waals surface area contributed by atoms with Crippen molar-refractivity contribution in [1.82, 2.24) is 4.98 Å². The van der Waals surface area contributed by atoms with E-state index < -0.39 is 5.91 Å². The fourth-order valence-corrected chi connectivity index (χ4v) is 5.07. The lowest BCUT2D eigenvalue weighted by molar-refractivity contribution is -0.121. The minimum Gasteiger partial charge on any atom is -0.497 e. The summed E-state index contributed by atoms with van der Waals surface area (Å²) in [5.74, 6) is -0.292. The van der Waals surface area contributed by atoms with Crippen LogP contribution in [-0.2, 0) is 9.59 Å². The van der Waals surface area contributed by atoms with Crippen molar-refractivity contribution in [2.75, 3.05) is 17.0 Å². The second-order valence-electron chi connectivity index (χ2n) is 7.38. The van der Waals surface area contributed by atoms with Crippen molar-refractivity contribution in [2.45, 2.75) is 12.8 Å². The number of rotatable bonds is 6. The molecule has 0 spiro atoms. The number of methoxy groups -OCH3 is 1. The highest BCUT2D eigenvalue weighted by atomic mass is 32.1. The largest absolute Gasteiger partial charge is 0.497 e. The molecule has 1 saturated heterocycles. The summed E-state index contributed by atoms with van der Waals surface area (Å²) >= 11 is 2.81. The summed E-state index contributed by atoms with van der Waals surface area (Å²) < 4.78 is 6.14. The van der Waals surface area contributed by atoms with Crippen molar-refractivity contribution in [2.24, 2.45) is 5.10 Å². The molecule has 2 aromatic carbocycles. The molecule has 0 bridgehead atoms. The summed E-state index contributed by atoms with van der Waals surface area (Å²) in [7, 11) is 1.59. The van der Waals surface area contributed by atoms with Crippen LogP contribution in [-0.4, -0.2) is 36.0 Å². The fraction of sp³-hybridized carbons (Fsp3) is 0.125. The number of aromatic nitrogens is 1. The maximum absolute atomic E-state index is 13.6. The molecule has 34 heavy (non-hydrogen) atoms. The van der Waals surface area contributed by atoms with E-state index in [1.165, 1.54) is 33.7 Å². The quantitative estimate of drug-likeness (QED) is 0.222. The predicted octanol–water partition coefficient (Wildman–Crippen LogP) is 4.70. The zero-order chi connectivity index (χ0) is 23.7. The third-order valence-corrected chi connectivity index (χ3v) is 7.00. The van der Waals surface area contributed by atoms with Gasteiger partial charge in [0.25, 0.3) is 5.91 Å². The van der Waals surface area contributed by atoms with E-state index in [2.05, 4.69) is 10.1 Å². The van der Waals surface area contributed by atoms with E-state index in [0.717, 1.165) is 14.5 Å². The van der Waals surface area contributed by atoms with Gasteiger partial charge in [-0.05, 0) is 47.8 Å². The fourth-order valence-electron chi connectivity index (χ4n) is 3.54. The summed E-state index contributed by atoms with van der Waals surface area (Å²) in [6.07, 6.45) is 1.94. The van der Waals surface area contributed by atoms with Gasteiger partial charge in [0.1, 0.15) is 5.75 Å². The van der Waals surface area contributed by atoms with Crippen molar-refractivity contribution >= 4 is 67.6 Å². The zero-order valence-electron chi connectivity index (χ0n) is 18.0. The predicted molar refractivity (Wildman–Crippen MR) is 133 cm³/mol. The SMILES string of the molecule is COc1ccc2nc(N(/N=C/c3cccs3)C(=O)c3cccc(N4C(=O)CCC4=O)c3)sc2c1. The van der Waals surface area contributed by atoms with Gasteiger partial charge in [-0.2, -0.15) is 10.1 Å². The maximum atomic E-state index is 13.6. The smallest absolute Gasteiger partial charge is 0.280 e. The van der Waals surface area contributed by atoms with Crippen LogP contribution in [0, 0.1) is 0 Å². The van der Waals surface area contributed by atoms with E-state index in [0.29, 0.717) is 22.1 Å². The molecule has 170 valence electrons. The number of carbonyl (C=O) groups is 3. The van der Waals surface area contributed by atoms with Crippen LogP contribution in [0.4, 0.5) is 10.8 Å². The van der Waals surface area contributed by atoms with Crippen LogP contribution in [0.15, 0.2) is 65.1 Å². The third-order valence-electron chi connectivity index (χ3n) is 5.20. The maximum Gasteiger partial charge on any atom is 0.280 e. The van der Waals surface area contributed by atoms with Gasteiger partial charge in [0.2, 0.25) is 16.9 Å². The average Bonchev–Trinajstić information content (AvgIpc) is 3.59. The Labute approximate surface area is 202 Å². The van der Waals surface area contributed by atoms with Crippen LogP contribution in [0.5, 0.6) is 5.75 Å². The molecule has 8 nitrogen and oxygen atoms in total. The monoisotopic (exact) mass is 490 g/mol. The summed E-state index contributed by atoms with van der Waals surface area (Å²) in [6.45, 7) is 0. The molecular weight excluding hydrogens is 472 g/mol. The molecule has 3 heterocycles. The molecule has 0 radical (unpaired) electrons. The Kier molecular flexibility index (Phi) is 5.91. The number of fused-ring (bicyclic) bond motifs is 1. The minimum absolute atomic E-state index is 0.170. The number of carbonyl (C=O) groups excluding carboxylic acids is 3. The van der Waals surface area contributed by atoms with E-state index in [4.69, 9.17) is 4.74 Å². The molecule has 0 unspecified atom stereocenters. The molecule has 2 aromatic heterocycles. The van der Waals surface area contributed by atoms with Crippen LogP contribution in [0.2, 0.25) is 0 Å². The first-order valence-corrected chi connectivity index (χ1v) is 12.1. The lowest BCUT2D eigenvalue weighted by Gasteiger charge is -2.17. The van der Waals surface area contributed by atoms with Crippen LogP contribution >= 0.6 is 22.7 Å². The molecule has 0 aliphatic carbocycles. The Morgan fingerprint density at radius 2 is 1.94 bits per heavy atom. The normalized spacial score (nSPS) is 13.9. The molecule has 4 aromatic rings. The van der Waals surface area contributed by atoms with E-state index in [9.17, 15) is 14.4 Å². The van der Waals surface area contributed by atoms with Crippen molar-refractivity contribution < 1.29 is 19.1 Å². The summed E-state index contributed by atoms with van der Waals surface area (Å²) in [5.41, 5.74) is 1.37. The third kappa shape index (κ3) is 4.20. The Morgan fingerprint density at radius 3 is 2.68 bits per heavy atom. The number of amides is 3. The highest BCUT2D eigenvalue weighted by Gasteiger charge is 2.31. The first-order valence-electron chi connectivity index (χ1n) is 10.4. The van der Waals surface area contributed by atoms with Gasteiger partial charge in [0.05, 0.1) is 29.2 Å². The van der Waals surface area contributed by atoms with Gasteiger partial charge in [-0.25, -0.2) is 4.98 Å². The average molecular weight is 491 g/mol. The van der Waals surface area contributed by atoms with Gasteiger partial charge in [-0.3, -0.25) is 19.3 Å². The number of ether oxygens (including phenoxy) is 1. The summed E-state index contributed by atoms with van der Waals surface area (Å²) in [6, 6.07) is 15.7. The van der Waals surface area contributed by atoms with E-state index >= 15 is 0 Å². The number of anilines is 2. The molecular formula is C24H18N4O4S2. The molecule has 10 heteroatoms. The van der Waals surface area contributed by atoms with Crippen molar-refractivity contribution in [1.29, 1.82) is 0 Å². The van der Waals surface area contributed by atoms with Crippen LogP contribution < -0.4 is 14.6 Å². The topological polar surface area (TPSA) is 92.2 Å². The minimum atomic E-state index is -0.431. The standard InChI is InChI=1S/C24H18N4O4S2/c1-32-17-7-8-19-20(13-17)34-24(26-19)28(25-14-18-6-3-11-33-18)23(31)15-4-2-5-16(12-15)27-21(29)9-10-22(27)30/h2-8,11-14H,9-10H2,1H3/b25-14+. The molecule has 3 amide bonds. The molecule has 1 aliphatic heterocycles. The van der Waals surface area contributed by atoms with Gasteiger partial charge in [-0.1, -0.05) is 23.5 Å². The Morgan fingerprint density at radius 1 is 1.12 bits per heavy atom. The second kappa shape index (κ2) is 9.16. The number of benzene rings is 2. The summed E-state index contributed by atoms with van der Waals surface area (Å²) in [5, 5.41) is 8.00. The van der Waals surface area contributed by atoms with Crippen molar-refractivity contribution in [3.63, 3.8) is 0 Å². The molecule has 1 aliphatic rings. The highest BCUT2D eigenvalue weighted by Crippen LogP contribution is 2.33. The molecule has 5 rings (SSSR count). The first kappa shape index (κ1) is 21.9. The van der Waals surface area contributed by atoms with E-state index in [1.54, 1.807) is 37.6 Å². The lowest BCUT2D eigenvalue weighted by atomic mass is 10.1. The molecule has 0 N–H and O–H groups in total. The Hall–Kier alpha value is -3.89. The number of hydrogen-bond acceptors (Lipinski definition) is 8. The van der Waals surface area contributed by atoms with Gasteiger partial charge in [-0.15, -0.1) is 11.3 Å². The number of imide groups is 1. The Bertz CT molecular complexity index is 1410. The highest BCUT2D eigenvalue weighted by molar-refractivity contribution is 7.22. The molecule has 0 atom stereocenters. The number of hydrazone groups is 1. The number of hydrogen-bond donors (Lipinski definition) is 0. The lowest BCUT2D eigenvalue weighted by Crippen LogP contribution is -2.29. The molecule has 0 saturated carbocycles. The second-order valence-corrected chi connectivity index (χ2v) is 9.37.